The number of esters is 1. The van der Waals surface area contributed by atoms with Crippen LogP contribution < -0.4 is 0 Å². The summed E-state index contributed by atoms with van der Waals surface area (Å²) in [6.07, 6.45) is 3.22. The third-order valence-electron chi connectivity index (χ3n) is 4.90. The molecule has 3 heteroatoms. The summed E-state index contributed by atoms with van der Waals surface area (Å²) in [5.41, 5.74) is -0.401. The van der Waals surface area contributed by atoms with E-state index in [0.29, 0.717) is 11.8 Å². The quantitative estimate of drug-likeness (QED) is 0.609. The molecular weight excluding hydrogens is 216 g/mol. The second-order valence-electron chi connectivity index (χ2n) is 7.12. The second-order valence-corrected chi connectivity index (χ2v) is 7.12. The summed E-state index contributed by atoms with van der Waals surface area (Å²) in [4.78, 5) is 12.2. The third kappa shape index (κ3) is 1.41. The Morgan fingerprint density at radius 2 is 2.00 bits per heavy atom. The monoisotopic (exact) mass is 238 g/mol. The maximum Gasteiger partial charge on any atom is 0.314 e. The number of ether oxygens (including phenoxy) is 2. The van der Waals surface area contributed by atoms with E-state index in [1.54, 1.807) is 0 Å². The zero-order chi connectivity index (χ0) is 12.4. The summed E-state index contributed by atoms with van der Waals surface area (Å²) in [5.74, 6) is 1.06. The van der Waals surface area contributed by atoms with Gasteiger partial charge < -0.3 is 9.47 Å². The van der Waals surface area contributed by atoms with Gasteiger partial charge in [0.15, 0.2) is 0 Å². The van der Waals surface area contributed by atoms with E-state index in [1.807, 2.05) is 0 Å². The van der Waals surface area contributed by atoms with Crippen molar-refractivity contribution in [2.75, 3.05) is 0 Å². The molecule has 2 saturated carbocycles. The lowest BCUT2D eigenvalue weighted by atomic mass is 9.55. The topological polar surface area (TPSA) is 35.5 Å². The molecule has 1 heterocycles. The number of hydrogen-bond acceptors (Lipinski definition) is 3. The Morgan fingerprint density at radius 3 is 2.65 bits per heavy atom. The summed E-state index contributed by atoms with van der Waals surface area (Å²) < 4.78 is 11.7. The highest BCUT2D eigenvalue weighted by Crippen LogP contribution is 2.62. The van der Waals surface area contributed by atoms with Crippen molar-refractivity contribution in [3.63, 3.8) is 0 Å². The van der Waals surface area contributed by atoms with E-state index >= 15 is 0 Å². The predicted octanol–water partition coefficient (Wildman–Crippen LogP) is 2.74. The van der Waals surface area contributed by atoms with Gasteiger partial charge in [-0.3, -0.25) is 4.79 Å². The molecule has 0 unspecified atom stereocenters. The molecule has 96 valence electrons. The third-order valence-corrected chi connectivity index (χ3v) is 4.90. The number of carbonyl (C=O) groups is 1. The van der Waals surface area contributed by atoms with Crippen LogP contribution in [0.2, 0.25) is 0 Å². The number of fused-ring (bicyclic) bond motifs is 4. The maximum atomic E-state index is 12.2. The van der Waals surface area contributed by atoms with E-state index in [0.717, 1.165) is 0 Å². The van der Waals surface area contributed by atoms with Gasteiger partial charge in [0.25, 0.3) is 0 Å². The molecule has 0 amide bonds. The SMILES string of the molecule is CC(C)(C)[C@H]1OC(=O)[C@H]2[C@H]3CCC[C@H]3[C@@]2(C)O1. The number of rotatable bonds is 0. The lowest BCUT2D eigenvalue weighted by Crippen LogP contribution is -2.69. The van der Waals surface area contributed by atoms with E-state index in [9.17, 15) is 4.79 Å². The Bertz CT molecular complexity index is 357. The fraction of sp³-hybridized carbons (Fsp3) is 0.929. The Balaban J connectivity index is 1.87. The van der Waals surface area contributed by atoms with Crippen molar-refractivity contribution >= 4 is 5.97 Å². The standard InChI is InChI=1S/C14H22O3/c1-13(2,3)12-16-11(15)10-8-6-5-7-9(8)14(10,4)17-12/h8-10,12H,5-7H2,1-4H3/t8-,9+,10+,12-,14+/m0/s1. The van der Waals surface area contributed by atoms with E-state index in [4.69, 9.17) is 9.47 Å². The number of carbonyl (C=O) groups excluding carboxylic acids is 1. The summed E-state index contributed by atoms with van der Waals surface area (Å²) in [6, 6.07) is 0. The average Bonchev–Trinajstić information content (AvgIpc) is 2.59. The summed E-state index contributed by atoms with van der Waals surface area (Å²) >= 11 is 0. The number of hydrogen-bond donors (Lipinski definition) is 0. The molecule has 0 radical (unpaired) electrons. The lowest BCUT2D eigenvalue weighted by Gasteiger charge is -2.60. The second kappa shape index (κ2) is 3.25. The maximum absolute atomic E-state index is 12.2. The zero-order valence-electron chi connectivity index (χ0n) is 11.2. The highest BCUT2D eigenvalue weighted by molar-refractivity contribution is 5.77. The van der Waals surface area contributed by atoms with Crippen molar-refractivity contribution in [3.8, 4) is 0 Å². The van der Waals surface area contributed by atoms with Crippen molar-refractivity contribution in [2.24, 2.45) is 23.2 Å². The molecule has 0 aromatic rings. The molecule has 0 aromatic heterocycles. The molecule has 0 N–H and O–H groups in total. The van der Waals surface area contributed by atoms with Gasteiger partial charge >= 0.3 is 5.97 Å². The van der Waals surface area contributed by atoms with Crippen molar-refractivity contribution in [3.05, 3.63) is 0 Å². The molecule has 1 aliphatic heterocycles. The Labute approximate surface area is 103 Å². The van der Waals surface area contributed by atoms with Gasteiger partial charge in [-0.2, -0.15) is 0 Å². The van der Waals surface area contributed by atoms with Crippen molar-refractivity contribution in [2.45, 2.75) is 58.8 Å². The average molecular weight is 238 g/mol. The molecule has 0 aromatic carbocycles. The molecule has 0 spiro atoms. The molecular formula is C14H22O3. The Morgan fingerprint density at radius 1 is 1.29 bits per heavy atom. The summed E-state index contributed by atoms with van der Waals surface area (Å²) in [5, 5.41) is 0. The van der Waals surface area contributed by atoms with Crippen LogP contribution in [0.1, 0.15) is 47.0 Å². The van der Waals surface area contributed by atoms with Crippen LogP contribution in [0.5, 0.6) is 0 Å². The highest BCUT2D eigenvalue weighted by atomic mass is 16.7. The van der Waals surface area contributed by atoms with E-state index in [2.05, 4.69) is 27.7 Å². The Kier molecular flexibility index (Phi) is 2.20. The number of cyclic esters (lactones) is 1. The van der Waals surface area contributed by atoms with Gasteiger partial charge in [0.05, 0.1) is 11.5 Å². The fourth-order valence-corrected chi connectivity index (χ4v) is 3.99. The first kappa shape index (κ1) is 11.5. The van der Waals surface area contributed by atoms with Gasteiger partial charge in [0, 0.05) is 5.41 Å². The molecule has 0 bridgehead atoms. The summed E-state index contributed by atoms with van der Waals surface area (Å²) in [7, 11) is 0. The van der Waals surface area contributed by atoms with Gasteiger partial charge in [-0.25, -0.2) is 0 Å². The van der Waals surface area contributed by atoms with Crippen LogP contribution in [0, 0.1) is 23.2 Å². The van der Waals surface area contributed by atoms with E-state index in [-0.39, 0.29) is 22.9 Å². The first-order valence-corrected chi connectivity index (χ1v) is 6.72. The van der Waals surface area contributed by atoms with Crippen LogP contribution in [-0.4, -0.2) is 17.9 Å². The molecule has 3 rings (SSSR count). The first-order valence-electron chi connectivity index (χ1n) is 6.72. The molecule has 5 atom stereocenters. The first-order chi connectivity index (χ1) is 7.84. The molecule has 1 saturated heterocycles. The minimum absolute atomic E-state index is 0.00593. The molecule has 3 aliphatic rings. The van der Waals surface area contributed by atoms with Crippen molar-refractivity contribution in [1.82, 2.24) is 0 Å². The van der Waals surface area contributed by atoms with Gasteiger partial charge in [-0.1, -0.05) is 27.2 Å². The highest BCUT2D eigenvalue weighted by Gasteiger charge is 2.68. The lowest BCUT2D eigenvalue weighted by molar-refractivity contribution is -0.338. The van der Waals surface area contributed by atoms with Crippen LogP contribution in [0.4, 0.5) is 0 Å². The molecule has 3 fully saturated rings. The van der Waals surface area contributed by atoms with Gasteiger partial charge in [-0.15, -0.1) is 0 Å². The van der Waals surface area contributed by atoms with Gasteiger partial charge in [-0.05, 0) is 31.6 Å². The normalized spacial score (nSPS) is 49.1. The minimum atomic E-state index is -0.391. The minimum Gasteiger partial charge on any atom is -0.435 e. The molecule has 3 nitrogen and oxygen atoms in total. The van der Waals surface area contributed by atoms with Crippen LogP contribution in [0.3, 0.4) is 0 Å². The van der Waals surface area contributed by atoms with Crippen LogP contribution >= 0.6 is 0 Å². The zero-order valence-corrected chi connectivity index (χ0v) is 11.2. The summed E-state index contributed by atoms with van der Waals surface area (Å²) in [6.45, 7) is 8.28. The smallest absolute Gasteiger partial charge is 0.314 e. The van der Waals surface area contributed by atoms with E-state index in [1.165, 1.54) is 19.3 Å². The molecule has 17 heavy (non-hydrogen) atoms. The van der Waals surface area contributed by atoms with Crippen molar-refractivity contribution < 1.29 is 14.3 Å². The van der Waals surface area contributed by atoms with E-state index < -0.39 is 6.29 Å². The van der Waals surface area contributed by atoms with Gasteiger partial charge in [0.2, 0.25) is 6.29 Å². The largest absolute Gasteiger partial charge is 0.435 e. The van der Waals surface area contributed by atoms with Crippen LogP contribution in [0.15, 0.2) is 0 Å². The Hall–Kier alpha value is -0.570. The van der Waals surface area contributed by atoms with Gasteiger partial charge in [0.1, 0.15) is 0 Å². The molecule has 2 aliphatic carbocycles. The fourth-order valence-electron chi connectivity index (χ4n) is 3.99. The van der Waals surface area contributed by atoms with Crippen molar-refractivity contribution in [1.29, 1.82) is 0 Å². The predicted molar refractivity (Wildman–Crippen MR) is 63.1 cm³/mol. The van der Waals surface area contributed by atoms with Crippen LogP contribution in [0.25, 0.3) is 0 Å². The van der Waals surface area contributed by atoms with Crippen LogP contribution in [-0.2, 0) is 14.3 Å².